The molecule has 0 atom stereocenters. The van der Waals surface area contributed by atoms with Crippen LogP contribution in [0.2, 0.25) is 0 Å². The Morgan fingerprint density at radius 1 is 0.268 bits per heavy atom. The van der Waals surface area contributed by atoms with Crippen LogP contribution in [-0.4, -0.2) is 54.0 Å². The molecule has 0 spiro atoms. The Hall–Kier alpha value is -13.9. The first-order valence-corrected chi connectivity index (χ1v) is 46.3. The Bertz CT molecular complexity index is 9060. The van der Waals surface area contributed by atoms with Crippen molar-refractivity contribution in [2.75, 3.05) is 9.80 Å². The van der Waals surface area contributed by atoms with Crippen molar-refractivity contribution < 1.29 is 27.4 Å². The van der Waals surface area contributed by atoms with E-state index in [9.17, 15) is 27.4 Å². The van der Waals surface area contributed by atoms with Crippen LogP contribution in [-0.2, 0) is 16.2 Å². The molecule has 0 radical (unpaired) electrons. The van der Waals surface area contributed by atoms with E-state index >= 15 is 0 Å². The number of hydrogen-bond donors (Lipinski definition) is 0. The van der Waals surface area contributed by atoms with Gasteiger partial charge in [-0.2, -0.15) is 0 Å². The van der Waals surface area contributed by atoms with E-state index < -0.39 is 137 Å². The quantitative estimate of drug-likeness (QED) is 0.128. The van der Waals surface area contributed by atoms with Crippen molar-refractivity contribution in [3.05, 3.63) is 392 Å². The summed E-state index contributed by atoms with van der Waals surface area (Å²) < 4.78 is 222. The fraction of sp³-hybridized carbons (Fsp3) is 0.102. The van der Waals surface area contributed by atoms with Gasteiger partial charge in [0.25, 0.3) is 0 Å². The Balaban J connectivity index is 0.888. The molecule has 0 unspecified atom stereocenters. The second-order valence-electron chi connectivity index (χ2n) is 36.3. The van der Waals surface area contributed by atoms with Crippen molar-refractivity contribution in [1.82, 2.24) is 18.3 Å². The molecular formula is C118H89BN6Se2. The van der Waals surface area contributed by atoms with E-state index in [1.165, 1.54) is 9.13 Å². The van der Waals surface area contributed by atoms with Gasteiger partial charge in [-0.05, 0) is 0 Å². The van der Waals surface area contributed by atoms with Gasteiger partial charge in [0.05, 0.1) is 0 Å². The summed E-state index contributed by atoms with van der Waals surface area (Å²) in [5, 5.41) is 3.68. The molecule has 17 aromatic carbocycles. The molecule has 0 saturated carbocycles. The minimum absolute atomic E-state index is 0.0372. The zero-order valence-electron chi connectivity index (χ0n) is 90.8. The maximum absolute atomic E-state index is 12.3. The monoisotopic (exact) mass is 1780 g/mol. The zero-order chi connectivity index (χ0) is 103. The van der Waals surface area contributed by atoms with E-state index in [4.69, 9.17) is 0 Å². The second kappa shape index (κ2) is 28.3. The fourth-order valence-electron chi connectivity index (χ4n) is 19.7. The molecule has 0 aliphatic carbocycles. The number of hydrogen-bond acceptors (Lipinski definition) is 2. The molecule has 6 nitrogen and oxygen atoms in total. The van der Waals surface area contributed by atoms with Gasteiger partial charge in [-0.1, -0.05) is 0 Å². The van der Waals surface area contributed by atoms with Crippen LogP contribution in [0.15, 0.2) is 376 Å². The van der Waals surface area contributed by atoms with Crippen LogP contribution >= 0.6 is 0 Å². The van der Waals surface area contributed by atoms with Crippen molar-refractivity contribution in [3.8, 4) is 67.3 Å². The number of nitrogens with zero attached hydrogens (tertiary/aromatic N) is 6. The van der Waals surface area contributed by atoms with E-state index in [1.807, 2.05) is 237 Å². The van der Waals surface area contributed by atoms with Crippen LogP contribution in [0.5, 0.6) is 0 Å². The Morgan fingerprint density at radius 2 is 0.567 bits per heavy atom. The van der Waals surface area contributed by atoms with Crippen LogP contribution in [0.4, 0.5) is 34.1 Å². The summed E-state index contributed by atoms with van der Waals surface area (Å²) in [6, 6.07) is 73.6. The van der Waals surface area contributed by atoms with Crippen LogP contribution < -0.4 is 26.2 Å². The molecule has 0 amide bonds. The van der Waals surface area contributed by atoms with E-state index in [-0.39, 0.29) is 142 Å². The van der Waals surface area contributed by atoms with E-state index in [1.54, 1.807) is 0 Å². The van der Waals surface area contributed by atoms with Crippen molar-refractivity contribution >= 4 is 190 Å². The molecule has 2 aliphatic rings. The molecule has 2 aliphatic heterocycles. The van der Waals surface area contributed by atoms with Gasteiger partial charge in [0.1, 0.15) is 0 Å². The molecule has 127 heavy (non-hydrogen) atoms. The summed E-state index contributed by atoms with van der Waals surface area (Å²) in [5.74, 6) is 0. The summed E-state index contributed by atoms with van der Waals surface area (Å²) in [6.45, 7) is 17.6. The molecule has 23 aromatic rings. The van der Waals surface area contributed by atoms with Gasteiger partial charge in [-0.15, -0.1) is 0 Å². The van der Waals surface area contributed by atoms with E-state index in [0.29, 0.717) is 78.1 Å². The first-order valence-electron chi connectivity index (χ1n) is 52.9. The first-order chi connectivity index (χ1) is 70.3. The molecule has 6 aromatic heterocycles. The normalized spacial score (nSPS) is 15.2. The number of aromatic nitrogens is 4. The summed E-state index contributed by atoms with van der Waals surface area (Å²) in [4.78, 5) is 4.05. The van der Waals surface area contributed by atoms with Crippen molar-refractivity contribution in [2.24, 2.45) is 0 Å². The molecule has 0 saturated heterocycles. The number of rotatable bonds is 10. The average molecular weight is 1780 g/mol. The molecular weight excluding hydrogens is 1670 g/mol. The Labute approximate surface area is 779 Å². The fourth-order valence-corrected chi connectivity index (χ4v) is 24.4. The SMILES string of the molecule is [2H]c1c([2H])c(-n2c3[se]c4c([2H])c([2H])c(-n5c6ccccc6c6ccccc65)c([2H])c4c3c3c([2H])c([2H])c([2H])c([2H])c32)c([2H])c2c1B1c3c(cc(C(C)(C)C)cc3N(c3c(-c4ccccc4)cc(C(C)(C)C)cc3-c3ccccc3)c3c([2H])c(-n4c5[se]c6c([2H])c([2H])c(-n7c8ccccc8c8ccccc87)c([2H])c6c5c5c([2H])c([2H])c([2H])c([2H])c54)c([2H])c([2H])c31)N2c1c(-c2ccccc2)cc(C(C)(C)C)cc1-c1ccccc1. The van der Waals surface area contributed by atoms with Gasteiger partial charge in [0.2, 0.25) is 0 Å². The van der Waals surface area contributed by atoms with Gasteiger partial charge in [0.15, 0.2) is 0 Å². The van der Waals surface area contributed by atoms with Gasteiger partial charge in [-0.25, -0.2) is 0 Å². The topological polar surface area (TPSA) is 26.2 Å². The van der Waals surface area contributed by atoms with Gasteiger partial charge < -0.3 is 0 Å². The van der Waals surface area contributed by atoms with Crippen molar-refractivity contribution in [2.45, 2.75) is 78.6 Å². The van der Waals surface area contributed by atoms with Gasteiger partial charge in [0, 0.05) is 0 Å². The molecule has 0 N–H and O–H groups in total. The Kier molecular flexibility index (Phi) is 12.8. The summed E-state index contributed by atoms with van der Waals surface area (Å²) in [6.07, 6.45) is 0. The third-order valence-electron chi connectivity index (χ3n) is 25.7. The zero-order valence-corrected chi connectivity index (χ0v) is 74.3. The van der Waals surface area contributed by atoms with Crippen LogP contribution in [0, 0.1) is 0 Å². The third kappa shape index (κ3) is 11.6. The summed E-state index contributed by atoms with van der Waals surface area (Å²) in [7, 11) is 0. The number of fused-ring (bicyclic) bond motifs is 20. The van der Waals surface area contributed by atoms with Crippen LogP contribution in [0.3, 0.4) is 0 Å². The van der Waals surface area contributed by atoms with Crippen molar-refractivity contribution in [3.63, 3.8) is 0 Å². The Morgan fingerprint density at radius 3 is 0.906 bits per heavy atom. The molecule has 0 bridgehead atoms. The van der Waals surface area contributed by atoms with Crippen molar-refractivity contribution in [1.29, 1.82) is 0 Å². The standard InChI is InChI=1S/C118H89BN6Se2/c1-116(2,3)76-62-89(72-34-14-10-15-35-72)112(90(63-76)73-36-16-11-17-37-73)124-103-70-81(122-101-52-32-26-46-87(101)109-93-68-79(56-60-107(93)126-114(109)122)120-97-48-28-22-42-83(97)84-43-23-29-49-98(84)120)54-58-95(103)119-96-59-55-82(123-102-53-33-27-47-88(102)110-94-69-80(57-61-108(94)127-115(110)123)121-99-50-30-24-44-85(99)86-45-25-31-51-100(86)121)71-104(96)125(106-67-78(118(7,8)9)66-105(124)111(106)119)113-91(74-38-18-12-19-39-74)64-77(117(4,5)6)65-92(113)75-40-20-13-21-41-75/h10-71H,1-9H3/i26D,27D,32D,33D,46D,47D,52D,53D,54D,55D,56D,57D,58D,59D,60D,61D,68D,69D,70D,71D. The predicted octanol–water partition coefficient (Wildman–Crippen LogP) is 29.1. The molecule has 8 heterocycles. The number of para-hydroxylation sites is 6. The number of anilines is 6. The molecule has 0 fully saturated rings. The third-order valence-corrected chi connectivity index (χ3v) is 30.3. The molecule has 9 heteroatoms. The summed E-state index contributed by atoms with van der Waals surface area (Å²) in [5.41, 5.74) is 9.76. The summed E-state index contributed by atoms with van der Waals surface area (Å²) >= 11 is -2.48. The average Bonchev–Trinajstić information content (AvgIpc) is 0.769. The van der Waals surface area contributed by atoms with E-state index in [0.717, 1.165) is 54.9 Å². The molecule has 606 valence electrons. The van der Waals surface area contributed by atoms with Crippen LogP contribution in [0.1, 0.15) is 106 Å². The minimum atomic E-state index is -1.58. The maximum atomic E-state index is 12.3. The van der Waals surface area contributed by atoms with Crippen LogP contribution in [0.25, 0.3) is 172 Å². The van der Waals surface area contributed by atoms with Gasteiger partial charge in [-0.3, -0.25) is 0 Å². The predicted molar refractivity (Wildman–Crippen MR) is 545 cm³/mol. The van der Waals surface area contributed by atoms with E-state index in [2.05, 4.69) is 98.7 Å². The molecule has 25 rings (SSSR count). The number of benzene rings is 17. The van der Waals surface area contributed by atoms with Gasteiger partial charge >= 0.3 is 784 Å². The first kappa shape index (κ1) is 57.6. The second-order valence-corrected chi connectivity index (χ2v) is 40.5.